The molecule has 0 N–H and O–H groups in total. The minimum atomic E-state index is -0.265. The highest BCUT2D eigenvalue weighted by atomic mass is 16.5. The van der Waals surface area contributed by atoms with Crippen LogP contribution in [0.25, 0.3) is 6.08 Å². The van der Waals surface area contributed by atoms with Gasteiger partial charge in [0.1, 0.15) is 0 Å². The molecule has 1 amide bonds. The normalized spacial score (nSPS) is 16.4. The van der Waals surface area contributed by atoms with Gasteiger partial charge in [-0.15, -0.1) is 0 Å². The molecule has 2 rings (SSSR count). The molecule has 5 heteroatoms. The SMILES string of the molecule is O=C/C(=C\c1ccccn1)C(=O)N1CCOCC1. The Hall–Kier alpha value is -2.01. The largest absolute Gasteiger partial charge is 0.378 e. The van der Waals surface area contributed by atoms with Gasteiger partial charge in [-0.05, 0) is 18.2 Å². The molecule has 18 heavy (non-hydrogen) atoms. The zero-order chi connectivity index (χ0) is 12.8. The van der Waals surface area contributed by atoms with Gasteiger partial charge in [-0.2, -0.15) is 0 Å². The highest BCUT2D eigenvalue weighted by Gasteiger charge is 2.20. The molecular weight excluding hydrogens is 232 g/mol. The Morgan fingerprint density at radius 1 is 1.33 bits per heavy atom. The lowest BCUT2D eigenvalue weighted by Gasteiger charge is -2.26. The van der Waals surface area contributed by atoms with Crippen molar-refractivity contribution in [3.05, 3.63) is 35.7 Å². The van der Waals surface area contributed by atoms with Gasteiger partial charge in [-0.1, -0.05) is 6.07 Å². The monoisotopic (exact) mass is 246 g/mol. The maximum Gasteiger partial charge on any atom is 0.257 e. The van der Waals surface area contributed by atoms with Gasteiger partial charge in [0.25, 0.3) is 5.91 Å². The number of aldehydes is 1. The van der Waals surface area contributed by atoms with E-state index in [0.717, 1.165) is 0 Å². The number of nitrogens with zero attached hydrogens (tertiary/aromatic N) is 2. The zero-order valence-electron chi connectivity index (χ0n) is 9.91. The number of hydrogen-bond donors (Lipinski definition) is 0. The second-order valence-electron chi connectivity index (χ2n) is 3.88. The first kappa shape index (κ1) is 12.4. The first-order valence-corrected chi connectivity index (χ1v) is 5.76. The molecule has 0 atom stereocenters. The summed E-state index contributed by atoms with van der Waals surface area (Å²) in [5.74, 6) is -0.265. The van der Waals surface area contributed by atoms with E-state index in [2.05, 4.69) is 4.98 Å². The second kappa shape index (κ2) is 6.07. The van der Waals surface area contributed by atoms with Crippen LogP contribution in [0.2, 0.25) is 0 Å². The molecule has 0 unspecified atom stereocenters. The van der Waals surface area contributed by atoms with Crippen LogP contribution < -0.4 is 0 Å². The predicted molar refractivity (Wildman–Crippen MR) is 65.7 cm³/mol. The topological polar surface area (TPSA) is 59.5 Å². The summed E-state index contributed by atoms with van der Waals surface area (Å²) in [7, 11) is 0. The molecule has 0 radical (unpaired) electrons. The summed E-state index contributed by atoms with van der Waals surface area (Å²) in [6.45, 7) is 2.07. The summed E-state index contributed by atoms with van der Waals surface area (Å²) in [5.41, 5.74) is 0.719. The third-order valence-corrected chi connectivity index (χ3v) is 2.66. The number of amides is 1. The van der Waals surface area contributed by atoms with Gasteiger partial charge in [0.2, 0.25) is 0 Å². The van der Waals surface area contributed by atoms with E-state index >= 15 is 0 Å². The highest BCUT2D eigenvalue weighted by Crippen LogP contribution is 2.07. The molecular formula is C13H14N2O3. The van der Waals surface area contributed by atoms with Crippen LogP contribution in [-0.4, -0.2) is 48.4 Å². The van der Waals surface area contributed by atoms with E-state index in [1.165, 1.54) is 6.08 Å². The standard InChI is InChI=1S/C13H14N2O3/c16-10-11(9-12-3-1-2-4-14-12)13(17)15-5-7-18-8-6-15/h1-4,9-10H,5-8H2/b11-9+. The van der Waals surface area contributed by atoms with Crippen molar-refractivity contribution in [1.82, 2.24) is 9.88 Å². The summed E-state index contributed by atoms with van der Waals surface area (Å²) >= 11 is 0. The zero-order valence-corrected chi connectivity index (χ0v) is 9.91. The minimum absolute atomic E-state index is 0.121. The molecule has 1 fully saturated rings. The van der Waals surface area contributed by atoms with Crippen LogP contribution in [0, 0.1) is 0 Å². The van der Waals surface area contributed by atoms with Crippen LogP contribution in [0.1, 0.15) is 5.69 Å². The Balaban J connectivity index is 2.15. The van der Waals surface area contributed by atoms with Gasteiger partial charge in [-0.25, -0.2) is 0 Å². The van der Waals surface area contributed by atoms with Crippen LogP contribution in [-0.2, 0) is 14.3 Å². The molecule has 0 spiro atoms. The van der Waals surface area contributed by atoms with E-state index in [-0.39, 0.29) is 11.5 Å². The number of ether oxygens (including phenoxy) is 1. The molecule has 0 saturated carbocycles. The van der Waals surface area contributed by atoms with Gasteiger partial charge in [0, 0.05) is 19.3 Å². The summed E-state index contributed by atoms with van der Waals surface area (Å²) in [4.78, 5) is 28.8. The summed E-state index contributed by atoms with van der Waals surface area (Å²) in [6, 6.07) is 5.33. The first-order valence-electron chi connectivity index (χ1n) is 5.76. The molecule has 1 saturated heterocycles. The average molecular weight is 246 g/mol. The van der Waals surface area contributed by atoms with Gasteiger partial charge in [0.05, 0.1) is 24.5 Å². The Labute approximate surface area is 105 Å². The Morgan fingerprint density at radius 3 is 2.72 bits per heavy atom. The lowest BCUT2D eigenvalue weighted by Crippen LogP contribution is -2.41. The lowest BCUT2D eigenvalue weighted by atomic mass is 10.2. The van der Waals surface area contributed by atoms with Gasteiger partial charge < -0.3 is 9.64 Å². The van der Waals surface area contributed by atoms with Crippen LogP contribution >= 0.6 is 0 Å². The van der Waals surface area contributed by atoms with Crippen molar-refractivity contribution in [2.24, 2.45) is 0 Å². The number of hydrogen-bond acceptors (Lipinski definition) is 4. The lowest BCUT2D eigenvalue weighted by molar-refractivity contribution is -0.131. The Morgan fingerprint density at radius 2 is 2.11 bits per heavy atom. The summed E-state index contributed by atoms with van der Waals surface area (Å²) in [5, 5.41) is 0. The fraction of sp³-hybridized carbons (Fsp3) is 0.308. The second-order valence-corrected chi connectivity index (χ2v) is 3.88. The molecule has 1 aliphatic heterocycles. The van der Waals surface area contributed by atoms with Crippen molar-refractivity contribution in [3.8, 4) is 0 Å². The number of carbonyl (C=O) groups excluding carboxylic acids is 2. The smallest absolute Gasteiger partial charge is 0.257 e. The van der Waals surface area contributed by atoms with Crippen molar-refractivity contribution in [2.45, 2.75) is 0 Å². The van der Waals surface area contributed by atoms with Crippen LogP contribution in [0.15, 0.2) is 30.0 Å². The fourth-order valence-electron chi connectivity index (χ4n) is 1.72. The number of pyridine rings is 1. The van der Waals surface area contributed by atoms with E-state index < -0.39 is 0 Å². The van der Waals surface area contributed by atoms with Crippen molar-refractivity contribution >= 4 is 18.3 Å². The third kappa shape index (κ3) is 3.01. The molecule has 5 nitrogen and oxygen atoms in total. The Kier molecular flexibility index (Phi) is 4.20. The fourth-order valence-corrected chi connectivity index (χ4v) is 1.72. The Bertz CT molecular complexity index is 451. The van der Waals surface area contributed by atoms with Crippen LogP contribution in [0.3, 0.4) is 0 Å². The van der Waals surface area contributed by atoms with Gasteiger partial charge in [0.15, 0.2) is 6.29 Å². The molecule has 0 aliphatic carbocycles. The first-order chi connectivity index (χ1) is 8.81. The predicted octanol–water partition coefficient (Wildman–Crippen LogP) is 0.523. The number of rotatable bonds is 3. The molecule has 0 aromatic carbocycles. The number of morpholine rings is 1. The van der Waals surface area contributed by atoms with Gasteiger partial charge in [-0.3, -0.25) is 14.6 Å². The van der Waals surface area contributed by atoms with E-state index in [9.17, 15) is 9.59 Å². The highest BCUT2D eigenvalue weighted by molar-refractivity contribution is 6.14. The molecule has 1 aliphatic rings. The van der Waals surface area contributed by atoms with Crippen molar-refractivity contribution in [1.29, 1.82) is 0 Å². The average Bonchev–Trinajstić information content (AvgIpc) is 2.46. The van der Waals surface area contributed by atoms with Crippen molar-refractivity contribution in [2.75, 3.05) is 26.3 Å². The van der Waals surface area contributed by atoms with E-state index in [1.807, 2.05) is 0 Å². The van der Waals surface area contributed by atoms with E-state index in [4.69, 9.17) is 4.74 Å². The van der Waals surface area contributed by atoms with E-state index in [0.29, 0.717) is 38.3 Å². The summed E-state index contributed by atoms with van der Waals surface area (Å²) in [6.07, 6.45) is 3.70. The molecule has 2 heterocycles. The minimum Gasteiger partial charge on any atom is -0.378 e. The number of carbonyl (C=O) groups is 2. The van der Waals surface area contributed by atoms with Crippen LogP contribution in [0.5, 0.6) is 0 Å². The molecule has 0 bridgehead atoms. The van der Waals surface area contributed by atoms with Gasteiger partial charge >= 0.3 is 0 Å². The van der Waals surface area contributed by atoms with E-state index in [1.54, 1.807) is 29.3 Å². The molecule has 1 aromatic heterocycles. The maximum absolute atomic E-state index is 12.1. The number of aromatic nitrogens is 1. The summed E-state index contributed by atoms with van der Waals surface area (Å²) < 4.78 is 5.17. The molecule has 94 valence electrons. The van der Waals surface area contributed by atoms with Crippen molar-refractivity contribution < 1.29 is 14.3 Å². The van der Waals surface area contributed by atoms with Crippen LogP contribution in [0.4, 0.5) is 0 Å². The third-order valence-electron chi connectivity index (χ3n) is 2.66. The van der Waals surface area contributed by atoms with Crippen molar-refractivity contribution in [3.63, 3.8) is 0 Å². The maximum atomic E-state index is 12.1. The quantitative estimate of drug-likeness (QED) is 0.338. The molecule has 1 aromatic rings.